The number of amides is 1. The van der Waals surface area contributed by atoms with Crippen molar-refractivity contribution in [2.24, 2.45) is 0 Å². The van der Waals surface area contributed by atoms with Crippen LogP contribution in [-0.2, 0) is 11.2 Å². The molecule has 1 atom stereocenters. The van der Waals surface area contributed by atoms with Crippen LogP contribution in [0.15, 0.2) is 30.3 Å². The second kappa shape index (κ2) is 8.99. The van der Waals surface area contributed by atoms with Gasteiger partial charge >= 0.3 is 0 Å². The number of hydrogen-bond donors (Lipinski definition) is 2. The lowest BCUT2D eigenvalue weighted by Gasteiger charge is -2.24. The molecule has 1 aromatic carbocycles. The Hall–Kier alpha value is -1.00. The largest absolute Gasteiger partial charge is 0.395 e. The maximum Gasteiger partial charge on any atom is 0.235 e. The molecule has 4 heteroatoms. The molecular weight excluding hydrogens is 258 g/mol. The van der Waals surface area contributed by atoms with Crippen molar-refractivity contribution in [1.29, 1.82) is 0 Å². The zero-order valence-corrected chi connectivity index (χ0v) is 12.4. The summed E-state index contributed by atoms with van der Waals surface area (Å²) in [4.78, 5) is 14.0. The molecule has 0 spiro atoms. The molecule has 0 bridgehead atoms. The SMILES string of the molecule is CCCCN(CCO)C(=O)C(S)Cc1ccccc1. The fourth-order valence-electron chi connectivity index (χ4n) is 1.94. The van der Waals surface area contributed by atoms with Crippen molar-refractivity contribution in [3.63, 3.8) is 0 Å². The predicted octanol–water partition coefficient (Wildman–Crippen LogP) is 2.15. The quantitative estimate of drug-likeness (QED) is 0.717. The van der Waals surface area contributed by atoms with Crippen LogP contribution in [0.3, 0.4) is 0 Å². The molecule has 0 heterocycles. The maximum absolute atomic E-state index is 12.3. The van der Waals surface area contributed by atoms with E-state index in [4.69, 9.17) is 5.11 Å². The number of hydrogen-bond acceptors (Lipinski definition) is 3. The fraction of sp³-hybridized carbons (Fsp3) is 0.533. The number of unbranched alkanes of at least 4 members (excludes halogenated alkanes) is 1. The molecule has 0 saturated heterocycles. The van der Waals surface area contributed by atoms with Crippen molar-refractivity contribution in [2.75, 3.05) is 19.7 Å². The lowest BCUT2D eigenvalue weighted by molar-refractivity contribution is -0.131. The second-order valence-electron chi connectivity index (χ2n) is 4.61. The fourth-order valence-corrected chi connectivity index (χ4v) is 2.31. The van der Waals surface area contributed by atoms with E-state index in [0.717, 1.165) is 18.4 Å². The number of nitrogens with zero attached hydrogens (tertiary/aromatic N) is 1. The number of aliphatic hydroxyl groups is 1. The van der Waals surface area contributed by atoms with Gasteiger partial charge in [0.1, 0.15) is 0 Å². The maximum atomic E-state index is 12.3. The molecule has 19 heavy (non-hydrogen) atoms. The highest BCUT2D eigenvalue weighted by atomic mass is 32.1. The van der Waals surface area contributed by atoms with Gasteiger partial charge in [-0.05, 0) is 18.4 Å². The first kappa shape index (κ1) is 16.1. The van der Waals surface area contributed by atoms with E-state index in [1.54, 1.807) is 4.90 Å². The van der Waals surface area contributed by atoms with Gasteiger partial charge in [0.05, 0.1) is 11.9 Å². The van der Waals surface area contributed by atoms with Gasteiger partial charge in [0.25, 0.3) is 0 Å². The first-order valence-electron chi connectivity index (χ1n) is 6.80. The van der Waals surface area contributed by atoms with Gasteiger partial charge in [0, 0.05) is 13.1 Å². The minimum absolute atomic E-state index is 0.00128. The van der Waals surface area contributed by atoms with Crippen LogP contribution in [0.2, 0.25) is 0 Å². The van der Waals surface area contributed by atoms with Crippen molar-refractivity contribution in [1.82, 2.24) is 4.90 Å². The summed E-state index contributed by atoms with van der Waals surface area (Å²) < 4.78 is 0. The summed E-state index contributed by atoms with van der Waals surface area (Å²) in [5.74, 6) is 0.00897. The Labute approximate surface area is 121 Å². The lowest BCUT2D eigenvalue weighted by atomic mass is 10.1. The van der Waals surface area contributed by atoms with Crippen LogP contribution in [-0.4, -0.2) is 40.9 Å². The highest BCUT2D eigenvalue weighted by molar-refractivity contribution is 7.81. The third kappa shape index (κ3) is 5.66. The molecule has 0 aliphatic rings. The first-order chi connectivity index (χ1) is 9.19. The molecule has 1 N–H and O–H groups in total. The van der Waals surface area contributed by atoms with Gasteiger partial charge in [-0.1, -0.05) is 43.7 Å². The van der Waals surface area contributed by atoms with Crippen LogP contribution in [0.1, 0.15) is 25.3 Å². The molecule has 0 fully saturated rings. The van der Waals surface area contributed by atoms with Gasteiger partial charge in [-0.3, -0.25) is 4.79 Å². The number of thiol groups is 1. The van der Waals surface area contributed by atoms with Crippen LogP contribution in [0.25, 0.3) is 0 Å². The molecule has 0 saturated carbocycles. The first-order valence-corrected chi connectivity index (χ1v) is 7.32. The zero-order valence-electron chi connectivity index (χ0n) is 11.5. The van der Waals surface area contributed by atoms with E-state index in [0.29, 0.717) is 19.5 Å². The summed E-state index contributed by atoms with van der Waals surface area (Å²) in [5, 5.41) is 8.70. The summed E-state index contributed by atoms with van der Waals surface area (Å²) in [7, 11) is 0. The molecule has 0 aliphatic carbocycles. The Bertz CT molecular complexity index is 370. The molecule has 0 radical (unpaired) electrons. The summed E-state index contributed by atoms with van der Waals surface area (Å²) in [6, 6.07) is 9.88. The number of aliphatic hydroxyl groups excluding tert-OH is 1. The number of carbonyl (C=O) groups is 1. The molecule has 1 rings (SSSR count). The highest BCUT2D eigenvalue weighted by Gasteiger charge is 2.20. The Morgan fingerprint density at radius 1 is 1.32 bits per heavy atom. The minimum Gasteiger partial charge on any atom is -0.395 e. The average Bonchev–Trinajstić information content (AvgIpc) is 2.43. The van der Waals surface area contributed by atoms with E-state index in [9.17, 15) is 4.79 Å². The molecular formula is C15H23NO2S. The molecule has 3 nitrogen and oxygen atoms in total. The summed E-state index contributed by atoms with van der Waals surface area (Å²) in [6.45, 7) is 3.18. The molecule has 1 amide bonds. The van der Waals surface area contributed by atoms with E-state index in [1.165, 1.54) is 0 Å². The van der Waals surface area contributed by atoms with Crippen molar-refractivity contribution in [3.8, 4) is 0 Å². The van der Waals surface area contributed by atoms with Gasteiger partial charge in [-0.2, -0.15) is 12.6 Å². The number of rotatable bonds is 8. The second-order valence-corrected chi connectivity index (χ2v) is 5.23. The van der Waals surface area contributed by atoms with Crippen molar-refractivity contribution < 1.29 is 9.90 Å². The van der Waals surface area contributed by atoms with Crippen LogP contribution in [0.5, 0.6) is 0 Å². The smallest absolute Gasteiger partial charge is 0.235 e. The van der Waals surface area contributed by atoms with Gasteiger partial charge < -0.3 is 10.0 Å². The van der Waals surface area contributed by atoms with E-state index < -0.39 is 0 Å². The monoisotopic (exact) mass is 281 g/mol. The predicted molar refractivity (Wildman–Crippen MR) is 81.5 cm³/mol. The minimum atomic E-state index is -0.342. The summed E-state index contributed by atoms with van der Waals surface area (Å²) in [6.07, 6.45) is 2.61. The number of carbonyl (C=O) groups excluding carboxylic acids is 1. The highest BCUT2D eigenvalue weighted by Crippen LogP contribution is 2.11. The number of benzene rings is 1. The standard InChI is InChI=1S/C15H23NO2S/c1-2-3-9-16(10-11-17)15(18)14(19)12-13-7-5-4-6-8-13/h4-8,14,17,19H,2-3,9-12H2,1H3. The molecule has 1 aromatic rings. The Balaban J connectivity index is 2.57. The van der Waals surface area contributed by atoms with Crippen molar-refractivity contribution >= 4 is 18.5 Å². The van der Waals surface area contributed by atoms with E-state index in [-0.39, 0.29) is 17.8 Å². The normalized spacial score (nSPS) is 12.2. The third-order valence-electron chi connectivity index (χ3n) is 3.02. The third-order valence-corrected chi connectivity index (χ3v) is 3.42. The van der Waals surface area contributed by atoms with Crippen molar-refractivity contribution in [3.05, 3.63) is 35.9 Å². The van der Waals surface area contributed by atoms with Crippen molar-refractivity contribution in [2.45, 2.75) is 31.4 Å². The van der Waals surface area contributed by atoms with Crippen LogP contribution in [0, 0.1) is 0 Å². The van der Waals surface area contributed by atoms with Crippen LogP contribution >= 0.6 is 12.6 Å². The van der Waals surface area contributed by atoms with Crippen LogP contribution < -0.4 is 0 Å². The van der Waals surface area contributed by atoms with Gasteiger partial charge in [-0.25, -0.2) is 0 Å². The van der Waals surface area contributed by atoms with Gasteiger partial charge in [0.15, 0.2) is 0 Å². The Morgan fingerprint density at radius 3 is 2.58 bits per heavy atom. The van der Waals surface area contributed by atoms with E-state index in [2.05, 4.69) is 19.6 Å². The molecule has 1 unspecified atom stereocenters. The molecule has 0 aliphatic heterocycles. The molecule has 106 valence electrons. The van der Waals surface area contributed by atoms with Gasteiger partial charge in [0.2, 0.25) is 5.91 Å². The topological polar surface area (TPSA) is 40.5 Å². The average molecular weight is 281 g/mol. The Morgan fingerprint density at radius 2 is 2.00 bits per heavy atom. The van der Waals surface area contributed by atoms with E-state index in [1.807, 2.05) is 30.3 Å². The summed E-state index contributed by atoms with van der Waals surface area (Å²) >= 11 is 4.42. The van der Waals surface area contributed by atoms with Crippen LogP contribution in [0.4, 0.5) is 0 Å². The molecule has 0 aromatic heterocycles. The van der Waals surface area contributed by atoms with Gasteiger partial charge in [-0.15, -0.1) is 0 Å². The summed E-state index contributed by atoms with van der Waals surface area (Å²) in [5.41, 5.74) is 1.11. The Kier molecular flexibility index (Phi) is 7.60. The zero-order chi connectivity index (χ0) is 14.1. The van der Waals surface area contributed by atoms with E-state index >= 15 is 0 Å². The lowest BCUT2D eigenvalue weighted by Crippen LogP contribution is -2.40.